The normalized spacial score (nSPS) is 12.7. The molecule has 12 aromatic rings. The summed E-state index contributed by atoms with van der Waals surface area (Å²) in [6.07, 6.45) is 31.2. The van der Waals surface area contributed by atoms with Crippen LogP contribution in [0.2, 0.25) is 15.5 Å². The molecule has 15 rings (SSSR count). The number of Topliss-reactive ketones (excluding diaryl/α,β-unsaturated/α-hetero) is 1. The summed E-state index contributed by atoms with van der Waals surface area (Å²) in [5.41, 5.74) is 10.6. The highest BCUT2D eigenvalue weighted by Gasteiger charge is 2.32. The molecule has 0 aliphatic carbocycles. The van der Waals surface area contributed by atoms with E-state index in [4.69, 9.17) is 73.4 Å². The molecular formula is C83H93Cl3FN27O10S5. The van der Waals surface area contributed by atoms with Crippen molar-refractivity contribution in [3.05, 3.63) is 217 Å². The second-order valence-corrected chi connectivity index (χ2v) is 33.6. The largest absolute Gasteiger partial charge is 0.447 e. The van der Waals surface area contributed by atoms with Crippen LogP contribution in [0.25, 0.3) is 34.1 Å². The van der Waals surface area contributed by atoms with Gasteiger partial charge in [0.15, 0.2) is 31.2 Å². The van der Waals surface area contributed by atoms with E-state index in [1.54, 1.807) is 163 Å². The van der Waals surface area contributed by atoms with Crippen LogP contribution in [0.5, 0.6) is 0 Å². The predicted octanol–water partition coefficient (Wildman–Crippen LogP) is 16.2. The van der Waals surface area contributed by atoms with E-state index in [0.717, 1.165) is 63.1 Å². The number of amides is 6. The Morgan fingerprint density at radius 1 is 0.512 bits per heavy atom. The van der Waals surface area contributed by atoms with Crippen molar-refractivity contribution < 1.29 is 52.2 Å². The van der Waals surface area contributed by atoms with Crippen molar-refractivity contribution in [2.45, 2.75) is 92.8 Å². The van der Waals surface area contributed by atoms with Gasteiger partial charge in [-0.1, -0.05) is 86.0 Å². The minimum absolute atomic E-state index is 0.0103. The summed E-state index contributed by atoms with van der Waals surface area (Å²) in [6.45, 7) is 22.6. The Hall–Kier alpha value is -12.5. The minimum Gasteiger partial charge on any atom is -0.447 e. The van der Waals surface area contributed by atoms with Crippen molar-refractivity contribution in [2.24, 2.45) is 5.92 Å². The van der Waals surface area contributed by atoms with Crippen molar-refractivity contribution in [2.75, 3.05) is 102 Å². The molecule has 37 nitrogen and oxygen atoms in total. The number of aryl methyl sites for hydroxylation is 3. The summed E-state index contributed by atoms with van der Waals surface area (Å²) in [5, 5.41) is 36.7. The maximum absolute atomic E-state index is 13.2. The van der Waals surface area contributed by atoms with Gasteiger partial charge in [0.2, 0.25) is 5.91 Å². The first-order chi connectivity index (χ1) is 61.9. The quantitative estimate of drug-likeness (QED) is 0.0304. The maximum atomic E-state index is 13.2. The Labute approximate surface area is 781 Å². The lowest BCUT2D eigenvalue weighted by atomic mass is 10.2. The van der Waals surface area contributed by atoms with Crippen molar-refractivity contribution >= 4 is 179 Å². The molecule has 3 fully saturated rings. The molecule has 0 aromatic carbocycles. The topological polar surface area (TPSA) is 387 Å². The summed E-state index contributed by atoms with van der Waals surface area (Å²) in [7, 11) is 1.61. The Bertz CT molecular complexity index is 5800. The number of ether oxygens (including phenoxy) is 3. The lowest BCUT2D eigenvalue weighted by molar-refractivity contribution is -0.122. The maximum Gasteiger partial charge on any atom is 0.416 e. The number of ketones is 1. The van der Waals surface area contributed by atoms with Gasteiger partial charge in [-0.05, 0) is 139 Å². The summed E-state index contributed by atoms with van der Waals surface area (Å²) >= 11 is 33.0. The first kappa shape index (κ1) is 98.7. The average molecular weight is 1910 g/mol. The van der Waals surface area contributed by atoms with E-state index >= 15 is 0 Å². The van der Waals surface area contributed by atoms with Crippen LogP contribution in [0.4, 0.5) is 62.5 Å². The van der Waals surface area contributed by atoms with Crippen molar-refractivity contribution in [1.82, 2.24) is 103 Å². The summed E-state index contributed by atoms with van der Waals surface area (Å²) in [6, 6.07) is 19.9. The Morgan fingerprint density at radius 3 is 1.26 bits per heavy atom. The van der Waals surface area contributed by atoms with Gasteiger partial charge in [-0.25, -0.2) is 46.9 Å². The highest BCUT2D eigenvalue weighted by atomic mass is 35.5. The van der Waals surface area contributed by atoms with Gasteiger partial charge < -0.3 is 39.9 Å². The molecule has 678 valence electrons. The molecule has 3 saturated heterocycles. The highest BCUT2D eigenvalue weighted by molar-refractivity contribution is 8.14. The molecule has 15 heterocycles. The molecule has 0 radical (unpaired) electrons. The fraction of sp³-hybridized carbons (Fsp3) is 0.313. The number of thiocarbonyl (C=S) groups is 2. The number of halogens is 4. The van der Waals surface area contributed by atoms with Gasteiger partial charge >= 0.3 is 18.3 Å². The van der Waals surface area contributed by atoms with Crippen LogP contribution in [0.15, 0.2) is 178 Å². The van der Waals surface area contributed by atoms with Crippen molar-refractivity contribution in [1.29, 1.82) is 0 Å². The number of cyclic esters (lactones) is 3. The minimum atomic E-state index is -0.475. The number of aromatic nitrogens is 18. The molecule has 0 spiro atoms. The van der Waals surface area contributed by atoms with Gasteiger partial charge in [0, 0.05) is 81.0 Å². The predicted molar refractivity (Wildman–Crippen MR) is 505 cm³/mol. The molecule has 3 aliphatic rings. The van der Waals surface area contributed by atoms with Crippen LogP contribution >= 0.6 is 94.5 Å². The van der Waals surface area contributed by atoms with E-state index in [1.807, 2.05) is 109 Å². The van der Waals surface area contributed by atoms with E-state index in [-0.39, 0.29) is 62.1 Å². The highest BCUT2D eigenvalue weighted by Crippen LogP contribution is 2.33. The number of nitrogens with one attached hydrogen (secondary N) is 3. The summed E-state index contributed by atoms with van der Waals surface area (Å²) < 4.78 is 37.7. The average Bonchev–Trinajstić information content (AvgIpc) is 1.68. The molecule has 46 heteroatoms. The van der Waals surface area contributed by atoms with E-state index in [2.05, 4.69) is 90.3 Å². The summed E-state index contributed by atoms with van der Waals surface area (Å²) in [5.74, 6) is 0.590. The molecule has 1 unspecified atom stereocenters. The lowest BCUT2D eigenvalue weighted by Gasteiger charge is -2.25. The number of carbonyl (C=O) groups excluding carboxylic acids is 7. The third-order valence-electron chi connectivity index (χ3n) is 18.2. The van der Waals surface area contributed by atoms with Crippen molar-refractivity contribution in [3.63, 3.8) is 0 Å². The summed E-state index contributed by atoms with van der Waals surface area (Å²) in [4.78, 5) is 115. The smallest absolute Gasteiger partial charge is 0.416 e. The third kappa shape index (κ3) is 27.8. The number of nitrogens with zero attached hydrogens (tertiary/aromatic N) is 24. The molecule has 3 aliphatic heterocycles. The van der Waals surface area contributed by atoms with Gasteiger partial charge in [-0.2, -0.15) is 30.6 Å². The second kappa shape index (κ2) is 48.0. The Balaban J connectivity index is 0.000000161. The van der Waals surface area contributed by atoms with Crippen LogP contribution in [0.1, 0.15) is 78.4 Å². The number of hydrogen-bond donors (Lipinski definition) is 3. The number of thioether (sulfide) groups is 3. The molecule has 0 saturated carbocycles. The van der Waals surface area contributed by atoms with Crippen LogP contribution in [-0.4, -0.2) is 236 Å². The molecule has 0 bridgehead atoms. The van der Waals surface area contributed by atoms with Gasteiger partial charge in [-0.3, -0.25) is 68.8 Å². The van der Waals surface area contributed by atoms with E-state index in [1.165, 1.54) is 62.1 Å². The van der Waals surface area contributed by atoms with Gasteiger partial charge in [0.1, 0.15) is 48.5 Å². The standard InChI is InChI=1S/C15H19ClN4OS.C14H15ClN4O2.C14H17ClN4OS.C14H17N5O2S.C13H12FN5O2S.C13H13N5O2S/c1-4-19(15(21)22-10-11(2)3)13-9-20(18-14(13)16)12-6-5-7-17-8-12;1-10(20)5-6-13(21)18(2)12-9-19(17-14(12)15)11-4-3-7-16-8-11;1-4-18(14(20)21-10(2)3)12-9-19(17-13(12)15)11-6-5-7-16-8-11;1-10-12(9-19(17-10)11-4-3-5-15-8-11)16-13(22-2)18-6-7-21-14(18)20;1-8-11(16-12(22)18-2-3-21-13(18)20)7-19(17-8)10-4-9(14)5-15-6-10;1-9-11(15-12(21)17-5-6-20-13(17)19)8-18(16-9)10-3-2-4-14-7-10/h5-9,11H,4,10H2,1-3H3;3-4,7-9H,5-6H2,1-2H3;5-10H,4H2,1-3H3;3-5,8-9,13,16H,6-7H2,1-2H3;4-7H,2-3H2,1H3,(H,16,22);2-4,7-8H,5-6H2,1H3,(H,15,21). The monoisotopic (exact) mass is 1910 g/mol. The molecule has 3 N–H and O–H groups in total. The van der Waals surface area contributed by atoms with Crippen LogP contribution < -0.4 is 30.7 Å². The second-order valence-electron chi connectivity index (χ2n) is 28.4. The van der Waals surface area contributed by atoms with Crippen LogP contribution in [0.3, 0.4) is 0 Å². The van der Waals surface area contributed by atoms with E-state index in [9.17, 15) is 38.0 Å². The number of hydrogen-bond acceptors (Lipinski definition) is 28. The van der Waals surface area contributed by atoms with Crippen molar-refractivity contribution in [3.8, 4) is 34.1 Å². The van der Waals surface area contributed by atoms with Crippen LogP contribution in [0, 0.1) is 32.5 Å². The number of rotatable bonds is 23. The number of carbonyl (C=O) groups is 7. The molecule has 6 amide bonds. The fourth-order valence-corrected chi connectivity index (χ4v) is 15.2. The zero-order valence-corrected chi connectivity index (χ0v) is 78.5. The van der Waals surface area contributed by atoms with Gasteiger partial charge in [0.25, 0.3) is 10.5 Å². The van der Waals surface area contributed by atoms with Gasteiger partial charge in [0.05, 0.1) is 168 Å². The van der Waals surface area contributed by atoms with E-state index in [0.29, 0.717) is 108 Å². The van der Waals surface area contributed by atoms with Gasteiger partial charge in [-0.15, -0.1) is 11.8 Å². The SMILES string of the molecule is CC(=O)CCC(=O)N(C)c1cn(-c2cccnc2)nc1Cl.CCN(C(=O)SC(C)C)c1cn(-c2cccnc2)nc1Cl.CCN(C(=O)SCC(C)C)c1cn(-c2cccnc2)nc1Cl.CSC(Nc1cn(-c2cccnc2)nc1C)N1CCOC1=O.Cc1nn(-c2cccnc2)cc1NC(=S)N1CCOC1=O.Cc1nn(-c2cncc(F)c2)cc1NC(=S)N1CCOC1=O. The molecule has 1 atom stereocenters. The van der Waals surface area contributed by atoms with Crippen LogP contribution in [-0.2, 0) is 23.8 Å². The zero-order chi connectivity index (χ0) is 93.0. The fourth-order valence-electron chi connectivity index (χ4n) is 11.7. The Kier molecular flexibility index (Phi) is 36.7. The lowest BCUT2D eigenvalue weighted by Crippen LogP contribution is -2.39. The first-order valence-corrected chi connectivity index (χ1v) is 45.0. The molecular weight excluding hydrogens is 1820 g/mol. The Morgan fingerprint density at radius 2 is 0.891 bits per heavy atom. The third-order valence-corrected chi connectivity index (χ3v) is 22.7. The number of pyridine rings is 6. The zero-order valence-electron chi connectivity index (χ0n) is 72.1. The molecule has 12 aromatic heterocycles. The molecule has 129 heavy (non-hydrogen) atoms. The van der Waals surface area contributed by atoms with E-state index < -0.39 is 18.0 Å². The number of anilines is 6. The first-order valence-electron chi connectivity index (χ1n) is 39.9.